The van der Waals surface area contributed by atoms with Gasteiger partial charge < -0.3 is 9.47 Å². The molecule has 4 heteroatoms. The van der Waals surface area contributed by atoms with E-state index in [1.807, 2.05) is 0 Å². The third-order valence-electron chi connectivity index (χ3n) is 4.97. The number of benzene rings is 1. The Morgan fingerprint density at radius 3 is 2.52 bits per heavy atom. The number of likely N-dealkylation sites (tertiary alicyclic amines) is 1. The summed E-state index contributed by atoms with van der Waals surface area (Å²) in [5, 5.41) is 0. The predicted octanol–water partition coefficient (Wildman–Crippen LogP) is 3.68. The van der Waals surface area contributed by atoms with Gasteiger partial charge in [-0.25, -0.2) is 4.98 Å². The van der Waals surface area contributed by atoms with Crippen LogP contribution in [0.1, 0.15) is 39.3 Å². The van der Waals surface area contributed by atoms with Gasteiger partial charge in [-0.3, -0.25) is 4.40 Å². The van der Waals surface area contributed by atoms with E-state index in [1.54, 1.807) is 0 Å². The Morgan fingerprint density at radius 1 is 1.04 bits per heavy atom. The van der Waals surface area contributed by atoms with E-state index in [2.05, 4.69) is 65.1 Å². The van der Waals surface area contributed by atoms with E-state index in [0.717, 1.165) is 24.4 Å². The standard InChI is InChI=1S/C19H26N4/c1-19(2,3)17-14-23-16-9-5-4-8-15(16)20-18(23)22(17)13-12-21-10-6-7-11-21/h4-5,8-9,14H,6-7,10-13H2,1-3H3. The minimum Gasteiger partial charge on any atom is -0.312 e. The van der Waals surface area contributed by atoms with Crippen molar-refractivity contribution < 1.29 is 0 Å². The van der Waals surface area contributed by atoms with Gasteiger partial charge in [-0.15, -0.1) is 0 Å². The number of aromatic nitrogens is 3. The summed E-state index contributed by atoms with van der Waals surface area (Å²) in [6, 6.07) is 8.42. The minimum absolute atomic E-state index is 0.118. The van der Waals surface area contributed by atoms with Crippen LogP contribution in [0, 0.1) is 0 Å². The number of para-hydroxylation sites is 2. The van der Waals surface area contributed by atoms with E-state index in [1.165, 1.54) is 37.1 Å². The summed E-state index contributed by atoms with van der Waals surface area (Å²) in [4.78, 5) is 7.48. The van der Waals surface area contributed by atoms with E-state index in [9.17, 15) is 0 Å². The van der Waals surface area contributed by atoms with Crippen LogP contribution in [0.15, 0.2) is 30.5 Å². The van der Waals surface area contributed by atoms with Crippen LogP contribution in [0.25, 0.3) is 16.8 Å². The maximum atomic E-state index is 4.90. The molecular weight excluding hydrogens is 284 g/mol. The summed E-state index contributed by atoms with van der Waals surface area (Å²) >= 11 is 0. The Morgan fingerprint density at radius 2 is 1.78 bits per heavy atom. The summed E-state index contributed by atoms with van der Waals surface area (Å²) in [5.74, 6) is 1.08. The van der Waals surface area contributed by atoms with Gasteiger partial charge in [-0.1, -0.05) is 32.9 Å². The Bertz CT molecular complexity index is 828. The van der Waals surface area contributed by atoms with Crippen LogP contribution in [-0.4, -0.2) is 38.5 Å². The summed E-state index contributed by atoms with van der Waals surface area (Å²) in [5.41, 5.74) is 3.77. The number of hydrogen-bond acceptors (Lipinski definition) is 2. The topological polar surface area (TPSA) is 25.5 Å². The summed E-state index contributed by atoms with van der Waals surface area (Å²) < 4.78 is 4.69. The highest BCUT2D eigenvalue weighted by atomic mass is 15.2. The van der Waals surface area contributed by atoms with Crippen LogP contribution in [0.5, 0.6) is 0 Å². The second-order valence-electron chi connectivity index (χ2n) is 7.74. The number of hydrogen-bond donors (Lipinski definition) is 0. The minimum atomic E-state index is 0.118. The molecule has 0 unspecified atom stereocenters. The fourth-order valence-electron chi connectivity index (χ4n) is 3.72. The van der Waals surface area contributed by atoms with Crippen LogP contribution >= 0.6 is 0 Å². The van der Waals surface area contributed by atoms with Crippen molar-refractivity contribution in [1.29, 1.82) is 0 Å². The van der Waals surface area contributed by atoms with Crippen molar-refractivity contribution in [2.75, 3.05) is 19.6 Å². The van der Waals surface area contributed by atoms with Crippen molar-refractivity contribution in [2.45, 2.75) is 45.6 Å². The second-order valence-corrected chi connectivity index (χ2v) is 7.74. The van der Waals surface area contributed by atoms with E-state index in [0.29, 0.717) is 0 Å². The van der Waals surface area contributed by atoms with E-state index in [4.69, 9.17) is 4.98 Å². The number of rotatable bonds is 3. The zero-order chi connectivity index (χ0) is 16.0. The lowest BCUT2D eigenvalue weighted by atomic mass is 9.92. The lowest BCUT2D eigenvalue weighted by Gasteiger charge is -2.22. The van der Waals surface area contributed by atoms with Crippen LogP contribution in [0.3, 0.4) is 0 Å². The molecule has 1 aliphatic rings. The predicted molar refractivity (Wildman–Crippen MR) is 95.1 cm³/mol. The molecule has 3 heterocycles. The Balaban J connectivity index is 1.80. The molecule has 0 bridgehead atoms. The molecule has 4 rings (SSSR count). The molecule has 0 saturated carbocycles. The molecule has 1 aliphatic heterocycles. The zero-order valence-corrected chi connectivity index (χ0v) is 14.4. The maximum Gasteiger partial charge on any atom is 0.215 e. The van der Waals surface area contributed by atoms with Crippen LogP contribution in [-0.2, 0) is 12.0 Å². The van der Waals surface area contributed by atoms with Gasteiger partial charge in [0.05, 0.1) is 11.0 Å². The summed E-state index contributed by atoms with van der Waals surface area (Å²) in [6.45, 7) is 11.5. The van der Waals surface area contributed by atoms with Gasteiger partial charge in [-0.2, -0.15) is 0 Å². The Hall–Kier alpha value is -1.81. The normalized spacial score (nSPS) is 16.8. The van der Waals surface area contributed by atoms with Crippen LogP contribution in [0.4, 0.5) is 0 Å². The molecule has 1 saturated heterocycles. The number of imidazole rings is 2. The van der Waals surface area contributed by atoms with Crippen molar-refractivity contribution in [3.05, 3.63) is 36.2 Å². The van der Waals surface area contributed by atoms with Crippen molar-refractivity contribution in [2.24, 2.45) is 0 Å². The van der Waals surface area contributed by atoms with Crippen molar-refractivity contribution in [3.63, 3.8) is 0 Å². The van der Waals surface area contributed by atoms with Crippen LogP contribution in [0.2, 0.25) is 0 Å². The first kappa shape index (κ1) is 14.8. The number of fused-ring (bicyclic) bond motifs is 3. The summed E-state index contributed by atoms with van der Waals surface area (Å²) in [6.07, 6.45) is 4.98. The molecule has 0 amide bonds. The SMILES string of the molecule is CC(C)(C)c1cn2c3ccccc3nc2n1CCN1CCCC1. The maximum absolute atomic E-state index is 4.90. The van der Waals surface area contributed by atoms with Crippen LogP contribution < -0.4 is 0 Å². The highest BCUT2D eigenvalue weighted by molar-refractivity contribution is 5.79. The Labute approximate surface area is 137 Å². The first-order chi connectivity index (χ1) is 11.0. The van der Waals surface area contributed by atoms with Crippen molar-refractivity contribution in [1.82, 2.24) is 18.9 Å². The van der Waals surface area contributed by atoms with Gasteiger partial charge in [0.25, 0.3) is 0 Å². The molecule has 0 radical (unpaired) electrons. The number of nitrogens with zero attached hydrogens (tertiary/aromatic N) is 4. The van der Waals surface area contributed by atoms with Crippen molar-refractivity contribution in [3.8, 4) is 0 Å². The molecule has 0 aliphatic carbocycles. The lowest BCUT2D eigenvalue weighted by Crippen LogP contribution is -2.26. The monoisotopic (exact) mass is 310 g/mol. The molecule has 3 aromatic rings. The van der Waals surface area contributed by atoms with Gasteiger partial charge in [0.1, 0.15) is 0 Å². The zero-order valence-electron chi connectivity index (χ0n) is 14.4. The van der Waals surface area contributed by atoms with Crippen molar-refractivity contribution >= 4 is 16.8 Å². The van der Waals surface area contributed by atoms with E-state index in [-0.39, 0.29) is 5.41 Å². The molecule has 1 aromatic carbocycles. The fourth-order valence-corrected chi connectivity index (χ4v) is 3.72. The van der Waals surface area contributed by atoms with Gasteiger partial charge in [-0.05, 0) is 38.1 Å². The highest BCUT2D eigenvalue weighted by Gasteiger charge is 2.23. The molecule has 122 valence electrons. The van der Waals surface area contributed by atoms with Gasteiger partial charge in [0.15, 0.2) is 0 Å². The fraction of sp³-hybridized carbons (Fsp3) is 0.526. The third kappa shape index (κ3) is 2.55. The average molecular weight is 310 g/mol. The molecule has 0 N–H and O–H groups in total. The smallest absolute Gasteiger partial charge is 0.215 e. The lowest BCUT2D eigenvalue weighted by molar-refractivity contribution is 0.319. The van der Waals surface area contributed by atoms with Gasteiger partial charge in [0, 0.05) is 30.4 Å². The summed E-state index contributed by atoms with van der Waals surface area (Å²) in [7, 11) is 0. The van der Waals surface area contributed by atoms with E-state index >= 15 is 0 Å². The second kappa shape index (κ2) is 5.38. The molecule has 2 aromatic heterocycles. The molecule has 1 fully saturated rings. The third-order valence-corrected chi connectivity index (χ3v) is 4.97. The molecule has 4 nitrogen and oxygen atoms in total. The Kier molecular flexibility index (Phi) is 3.45. The average Bonchev–Trinajstić information content (AvgIpc) is 3.19. The molecule has 23 heavy (non-hydrogen) atoms. The quantitative estimate of drug-likeness (QED) is 0.737. The molecule has 0 spiro atoms. The largest absolute Gasteiger partial charge is 0.312 e. The molecular formula is C19H26N4. The van der Waals surface area contributed by atoms with Gasteiger partial charge >= 0.3 is 0 Å². The first-order valence-corrected chi connectivity index (χ1v) is 8.73. The van der Waals surface area contributed by atoms with E-state index < -0.39 is 0 Å². The van der Waals surface area contributed by atoms with Gasteiger partial charge in [0.2, 0.25) is 5.78 Å². The first-order valence-electron chi connectivity index (χ1n) is 8.73. The highest BCUT2D eigenvalue weighted by Crippen LogP contribution is 2.28. The molecule has 0 atom stereocenters.